The first-order valence-electron chi connectivity index (χ1n) is 9.13. The zero-order valence-corrected chi connectivity index (χ0v) is 17.7. The lowest BCUT2D eigenvalue weighted by Crippen LogP contribution is -2.49. The third-order valence-electron chi connectivity index (χ3n) is 4.82. The van der Waals surface area contributed by atoms with E-state index >= 15 is 0 Å². The van der Waals surface area contributed by atoms with Crippen LogP contribution in [-0.4, -0.2) is 67.9 Å². The molecular formula is C18H24N6O4S. The summed E-state index contributed by atoms with van der Waals surface area (Å²) < 4.78 is 27.3. The summed E-state index contributed by atoms with van der Waals surface area (Å²) in [6, 6.07) is 5.89. The molecule has 0 amide bonds. The Labute approximate surface area is 170 Å². The van der Waals surface area contributed by atoms with Crippen molar-refractivity contribution in [2.45, 2.75) is 18.7 Å². The fraction of sp³-hybridized carbons (Fsp3) is 0.444. The number of aryl methyl sites for hydroxylation is 2. The van der Waals surface area contributed by atoms with Gasteiger partial charge >= 0.3 is 0 Å². The summed E-state index contributed by atoms with van der Waals surface area (Å²) >= 11 is 0. The third kappa shape index (κ3) is 4.30. The molecule has 0 spiro atoms. The predicted octanol–water partition coefficient (Wildman–Crippen LogP) is 1.58. The Morgan fingerprint density at radius 3 is 2.31 bits per heavy atom. The molecule has 156 valence electrons. The van der Waals surface area contributed by atoms with Crippen molar-refractivity contribution in [1.82, 2.24) is 14.3 Å². The van der Waals surface area contributed by atoms with Crippen molar-refractivity contribution in [3.8, 4) is 0 Å². The molecule has 3 rings (SSSR count). The van der Waals surface area contributed by atoms with Crippen molar-refractivity contribution in [3.63, 3.8) is 0 Å². The molecule has 29 heavy (non-hydrogen) atoms. The fourth-order valence-electron chi connectivity index (χ4n) is 3.13. The normalized spacial score (nSPS) is 15.4. The minimum absolute atomic E-state index is 0.0649. The van der Waals surface area contributed by atoms with Crippen LogP contribution in [0, 0.1) is 24.0 Å². The van der Waals surface area contributed by atoms with Gasteiger partial charge in [0.25, 0.3) is 5.69 Å². The number of sulfonamides is 1. The number of hydrogen-bond acceptors (Lipinski definition) is 8. The topological polar surface area (TPSA) is 113 Å². The molecule has 0 aliphatic carbocycles. The maximum atomic E-state index is 13.0. The van der Waals surface area contributed by atoms with Gasteiger partial charge in [0.2, 0.25) is 16.0 Å². The van der Waals surface area contributed by atoms with Gasteiger partial charge in [-0.3, -0.25) is 10.1 Å². The van der Waals surface area contributed by atoms with E-state index in [2.05, 4.69) is 9.97 Å². The second-order valence-electron chi connectivity index (χ2n) is 7.16. The summed E-state index contributed by atoms with van der Waals surface area (Å²) in [6.45, 7) is 4.84. The molecule has 0 N–H and O–H groups in total. The number of piperazine rings is 1. The zero-order valence-electron chi connectivity index (χ0n) is 16.9. The molecule has 10 nitrogen and oxygen atoms in total. The highest BCUT2D eigenvalue weighted by Gasteiger charge is 2.31. The molecule has 1 aliphatic rings. The first kappa shape index (κ1) is 20.9. The Morgan fingerprint density at radius 2 is 1.72 bits per heavy atom. The molecule has 0 unspecified atom stereocenters. The van der Waals surface area contributed by atoms with E-state index in [4.69, 9.17) is 0 Å². The van der Waals surface area contributed by atoms with Crippen molar-refractivity contribution in [3.05, 3.63) is 45.6 Å². The van der Waals surface area contributed by atoms with Crippen LogP contribution in [0.1, 0.15) is 11.3 Å². The van der Waals surface area contributed by atoms with Gasteiger partial charge in [0, 0.05) is 63.7 Å². The Balaban J connectivity index is 1.78. The van der Waals surface area contributed by atoms with Crippen LogP contribution in [0.5, 0.6) is 0 Å². The van der Waals surface area contributed by atoms with Crippen LogP contribution in [0.2, 0.25) is 0 Å². The molecule has 1 aromatic heterocycles. The van der Waals surface area contributed by atoms with E-state index in [1.807, 2.05) is 36.9 Å². The average molecular weight is 420 g/mol. The highest BCUT2D eigenvalue weighted by atomic mass is 32.2. The van der Waals surface area contributed by atoms with Gasteiger partial charge in [0.05, 0.1) is 9.82 Å². The van der Waals surface area contributed by atoms with Gasteiger partial charge in [-0.15, -0.1) is 0 Å². The predicted molar refractivity (Wildman–Crippen MR) is 110 cm³/mol. The van der Waals surface area contributed by atoms with Gasteiger partial charge < -0.3 is 9.80 Å². The van der Waals surface area contributed by atoms with E-state index < -0.39 is 14.9 Å². The van der Waals surface area contributed by atoms with Gasteiger partial charge in [0.15, 0.2) is 0 Å². The Morgan fingerprint density at radius 1 is 1.07 bits per heavy atom. The number of hydrogen-bond donors (Lipinski definition) is 0. The first-order valence-corrected chi connectivity index (χ1v) is 10.6. The second-order valence-corrected chi connectivity index (χ2v) is 9.10. The molecule has 0 atom stereocenters. The van der Waals surface area contributed by atoms with Crippen LogP contribution in [0.15, 0.2) is 29.2 Å². The van der Waals surface area contributed by atoms with Gasteiger partial charge in [-0.25, -0.2) is 13.4 Å². The summed E-state index contributed by atoms with van der Waals surface area (Å²) in [7, 11) is -0.0178. The molecule has 1 fully saturated rings. The van der Waals surface area contributed by atoms with E-state index in [9.17, 15) is 18.5 Å². The Bertz CT molecular complexity index is 1030. The molecule has 0 bridgehead atoms. The summed E-state index contributed by atoms with van der Waals surface area (Å²) in [4.78, 5) is 23.4. The van der Waals surface area contributed by atoms with Crippen molar-refractivity contribution in [1.29, 1.82) is 0 Å². The SMILES string of the molecule is Cc1cc(N(C)C)nc(N2CCN(S(=O)(=O)c3ccc(C)c([N+](=O)[O-])c3)CC2)n1. The highest BCUT2D eigenvalue weighted by Crippen LogP contribution is 2.26. The lowest BCUT2D eigenvalue weighted by molar-refractivity contribution is -0.385. The van der Waals surface area contributed by atoms with E-state index in [-0.39, 0.29) is 23.7 Å². The largest absolute Gasteiger partial charge is 0.363 e. The molecular weight excluding hydrogens is 396 g/mol. The number of nitrogens with zero attached hydrogens (tertiary/aromatic N) is 6. The second kappa shape index (κ2) is 7.91. The van der Waals surface area contributed by atoms with Crippen molar-refractivity contribution >= 4 is 27.5 Å². The summed E-state index contributed by atoms with van der Waals surface area (Å²) in [5.41, 5.74) is 1.06. The van der Waals surface area contributed by atoms with E-state index in [0.29, 0.717) is 24.6 Å². The summed E-state index contributed by atoms with van der Waals surface area (Å²) in [5.74, 6) is 1.35. The van der Waals surface area contributed by atoms with Crippen LogP contribution < -0.4 is 9.80 Å². The zero-order chi connectivity index (χ0) is 21.3. The maximum absolute atomic E-state index is 13.0. The van der Waals surface area contributed by atoms with Crippen molar-refractivity contribution < 1.29 is 13.3 Å². The average Bonchev–Trinajstić information content (AvgIpc) is 2.67. The maximum Gasteiger partial charge on any atom is 0.273 e. The lowest BCUT2D eigenvalue weighted by atomic mass is 10.2. The first-order chi connectivity index (χ1) is 13.6. The number of benzene rings is 1. The third-order valence-corrected chi connectivity index (χ3v) is 6.72. The molecule has 1 aromatic carbocycles. The Kier molecular flexibility index (Phi) is 5.71. The molecule has 0 saturated carbocycles. The number of nitro benzene ring substituents is 1. The number of aromatic nitrogens is 2. The number of rotatable bonds is 5. The Hall–Kier alpha value is -2.79. The van der Waals surface area contributed by atoms with Gasteiger partial charge in [-0.2, -0.15) is 9.29 Å². The monoisotopic (exact) mass is 420 g/mol. The van der Waals surface area contributed by atoms with Crippen LogP contribution in [0.25, 0.3) is 0 Å². The lowest BCUT2D eigenvalue weighted by Gasteiger charge is -2.34. The molecule has 0 radical (unpaired) electrons. The van der Waals surface area contributed by atoms with Crippen molar-refractivity contribution in [2.24, 2.45) is 0 Å². The molecule has 2 heterocycles. The highest BCUT2D eigenvalue weighted by molar-refractivity contribution is 7.89. The minimum atomic E-state index is -3.82. The van der Waals surface area contributed by atoms with Crippen LogP contribution in [-0.2, 0) is 10.0 Å². The molecule has 1 saturated heterocycles. The number of anilines is 2. The van der Waals surface area contributed by atoms with E-state index in [1.54, 1.807) is 6.92 Å². The van der Waals surface area contributed by atoms with E-state index in [1.165, 1.54) is 16.4 Å². The summed E-state index contributed by atoms with van der Waals surface area (Å²) in [5, 5.41) is 11.2. The quantitative estimate of drug-likeness (QED) is 0.529. The molecule has 11 heteroatoms. The van der Waals surface area contributed by atoms with Gasteiger partial charge in [-0.05, 0) is 19.9 Å². The standard InChI is InChI=1S/C18H24N6O4S/c1-13-5-6-15(12-16(13)24(25)26)29(27,28)23-9-7-22(8-10-23)18-19-14(2)11-17(20-18)21(3)4/h5-6,11-12H,7-10H2,1-4H3. The smallest absolute Gasteiger partial charge is 0.273 e. The molecule has 1 aliphatic heterocycles. The fourth-order valence-corrected chi connectivity index (χ4v) is 4.57. The molecule has 2 aromatic rings. The van der Waals surface area contributed by atoms with E-state index in [0.717, 1.165) is 17.6 Å². The summed E-state index contributed by atoms with van der Waals surface area (Å²) in [6.07, 6.45) is 0. The van der Waals surface area contributed by atoms with Crippen molar-refractivity contribution in [2.75, 3.05) is 50.1 Å². The number of nitro groups is 1. The van der Waals surface area contributed by atoms with Crippen LogP contribution >= 0.6 is 0 Å². The van der Waals surface area contributed by atoms with Gasteiger partial charge in [-0.1, -0.05) is 6.07 Å². The van der Waals surface area contributed by atoms with Crippen LogP contribution in [0.3, 0.4) is 0 Å². The minimum Gasteiger partial charge on any atom is -0.363 e. The van der Waals surface area contributed by atoms with Gasteiger partial charge in [0.1, 0.15) is 5.82 Å². The van der Waals surface area contributed by atoms with Crippen LogP contribution in [0.4, 0.5) is 17.5 Å².